The number of hydrogen-bond donors (Lipinski definition) is 1. The average molecular weight is 475 g/mol. The van der Waals surface area contributed by atoms with E-state index in [0.717, 1.165) is 26.3 Å². The molecule has 7 nitrogen and oxygen atoms in total. The van der Waals surface area contributed by atoms with Crippen LogP contribution in [-0.4, -0.2) is 38.6 Å². The monoisotopic (exact) mass is 474 g/mol. The molecule has 0 fully saturated rings. The van der Waals surface area contributed by atoms with Gasteiger partial charge in [-0.25, -0.2) is 4.98 Å². The highest BCUT2D eigenvalue weighted by molar-refractivity contribution is 9.10. The van der Waals surface area contributed by atoms with Gasteiger partial charge in [0.15, 0.2) is 0 Å². The smallest absolute Gasteiger partial charge is 0.262 e. The van der Waals surface area contributed by atoms with E-state index in [0.29, 0.717) is 16.8 Å². The molecule has 5 rings (SSSR count). The maximum Gasteiger partial charge on any atom is 0.262 e. The Labute approximate surface area is 185 Å². The minimum Gasteiger partial charge on any atom is -0.323 e. The van der Waals surface area contributed by atoms with Crippen molar-refractivity contribution in [1.82, 2.24) is 14.3 Å². The number of imidazole rings is 1. The SMILES string of the molecule is O=C(CN1C(=O)c2ccccc2C1=O)Nc1ccc2nc(-c3ccc(Br)cc3)cn2c1. The van der Waals surface area contributed by atoms with Crippen LogP contribution in [-0.2, 0) is 4.79 Å². The molecule has 1 aliphatic rings. The molecule has 8 heteroatoms. The second-order valence-electron chi connectivity index (χ2n) is 7.11. The van der Waals surface area contributed by atoms with Gasteiger partial charge in [0.1, 0.15) is 12.2 Å². The van der Waals surface area contributed by atoms with Crippen LogP contribution in [0.3, 0.4) is 0 Å². The van der Waals surface area contributed by atoms with Crippen molar-refractivity contribution in [2.75, 3.05) is 11.9 Å². The van der Waals surface area contributed by atoms with Crippen molar-refractivity contribution >= 4 is 45.0 Å². The molecule has 2 aromatic heterocycles. The molecule has 0 spiro atoms. The van der Waals surface area contributed by atoms with Crippen molar-refractivity contribution in [2.45, 2.75) is 0 Å². The lowest BCUT2D eigenvalue weighted by molar-refractivity contribution is -0.116. The van der Waals surface area contributed by atoms with E-state index in [1.54, 1.807) is 42.6 Å². The van der Waals surface area contributed by atoms with Gasteiger partial charge in [0, 0.05) is 22.4 Å². The Morgan fingerprint density at radius 2 is 1.58 bits per heavy atom. The fourth-order valence-electron chi connectivity index (χ4n) is 3.55. The molecular weight excluding hydrogens is 460 g/mol. The van der Waals surface area contributed by atoms with Crippen LogP contribution in [0.1, 0.15) is 20.7 Å². The Kier molecular flexibility index (Phi) is 4.63. The number of imide groups is 1. The lowest BCUT2D eigenvalue weighted by Crippen LogP contribution is -2.37. The second-order valence-corrected chi connectivity index (χ2v) is 8.02. The summed E-state index contributed by atoms with van der Waals surface area (Å²) in [5, 5.41) is 2.75. The summed E-state index contributed by atoms with van der Waals surface area (Å²) in [5.41, 5.74) is 3.69. The Hall–Kier alpha value is -3.78. The third kappa shape index (κ3) is 3.51. The summed E-state index contributed by atoms with van der Waals surface area (Å²) < 4.78 is 2.80. The standard InChI is InChI=1S/C23H15BrN4O3/c24-15-7-5-14(6-8-15)19-12-27-11-16(9-10-20(27)26-19)25-21(29)13-28-22(30)17-3-1-2-4-18(17)23(28)31/h1-12H,13H2,(H,25,29). The highest BCUT2D eigenvalue weighted by Crippen LogP contribution is 2.24. The minimum absolute atomic E-state index is 0.320. The number of nitrogens with zero attached hydrogens (tertiary/aromatic N) is 3. The van der Waals surface area contributed by atoms with Gasteiger partial charge in [-0.1, -0.05) is 40.2 Å². The van der Waals surface area contributed by atoms with Gasteiger partial charge < -0.3 is 9.72 Å². The lowest BCUT2D eigenvalue weighted by atomic mass is 10.1. The molecule has 0 saturated heterocycles. The predicted molar refractivity (Wildman–Crippen MR) is 119 cm³/mol. The number of fused-ring (bicyclic) bond motifs is 2. The number of nitrogens with one attached hydrogen (secondary N) is 1. The first-order valence-corrected chi connectivity index (χ1v) is 10.3. The van der Waals surface area contributed by atoms with Crippen molar-refractivity contribution in [3.63, 3.8) is 0 Å². The molecule has 3 amide bonds. The van der Waals surface area contributed by atoms with Crippen molar-refractivity contribution in [1.29, 1.82) is 0 Å². The number of benzene rings is 2. The summed E-state index contributed by atoms with van der Waals surface area (Å²) in [5.74, 6) is -1.37. The zero-order chi connectivity index (χ0) is 21.5. The van der Waals surface area contributed by atoms with E-state index >= 15 is 0 Å². The molecule has 31 heavy (non-hydrogen) atoms. The van der Waals surface area contributed by atoms with Gasteiger partial charge in [-0.2, -0.15) is 0 Å². The fourth-order valence-corrected chi connectivity index (χ4v) is 3.82. The summed E-state index contributed by atoms with van der Waals surface area (Å²) in [7, 11) is 0. The Balaban J connectivity index is 1.32. The van der Waals surface area contributed by atoms with Crippen LogP contribution in [0, 0.1) is 0 Å². The van der Waals surface area contributed by atoms with Gasteiger partial charge in [0.25, 0.3) is 11.8 Å². The van der Waals surface area contributed by atoms with Crippen molar-refractivity contribution in [3.05, 3.63) is 88.7 Å². The lowest BCUT2D eigenvalue weighted by Gasteiger charge is -2.13. The number of pyridine rings is 1. The number of carbonyl (C=O) groups excluding carboxylic acids is 3. The quantitative estimate of drug-likeness (QED) is 0.453. The maximum absolute atomic E-state index is 12.5. The van der Waals surface area contributed by atoms with Gasteiger partial charge >= 0.3 is 0 Å². The molecule has 152 valence electrons. The Bertz CT molecular complexity index is 1330. The van der Waals surface area contributed by atoms with Crippen LogP contribution in [0.15, 0.2) is 77.5 Å². The molecule has 0 bridgehead atoms. The number of rotatable bonds is 4. The molecule has 2 aromatic carbocycles. The first kappa shape index (κ1) is 19.2. The van der Waals surface area contributed by atoms with Crippen LogP contribution in [0.4, 0.5) is 5.69 Å². The Morgan fingerprint density at radius 1 is 0.903 bits per heavy atom. The molecule has 0 aliphatic carbocycles. The van der Waals surface area contributed by atoms with Crippen LogP contribution in [0.5, 0.6) is 0 Å². The fraction of sp³-hybridized carbons (Fsp3) is 0.0435. The summed E-state index contributed by atoms with van der Waals surface area (Å²) in [4.78, 5) is 43.0. The summed E-state index contributed by atoms with van der Waals surface area (Å²) in [6.07, 6.45) is 3.61. The molecule has 4 aromatic rings. The molecule has 3 heterocycles. The normalized spacial score (nSPS) is 13.0. The van der Waals surface area contributed by atoms with Gasteiger partial charge in [-0.05, 0) is 36.4 Å². The largest absolute Gasteiger partial charge is 0.323 e. The van der Waals surface area contributed by atoms with Gasteiger partial charge in [0.05, 0.1) is 22.5 Å². The zero-order valence-corrected chi connectivity index (χ0v) is 17.7. The third-order valence-electron chi connectivity index (χ3n) is 5.05. The van der Waals surface area contributed by atoms with E-state index in [4.69, 9.17) is 0 Å². The summed E-state index contributed by atoms with van der Waals surface area (Å²) >= 11 is 3.42. The number of halogens is 1. The second kappa shape index (κ2) is 7.48. The average Bonchev–Trinajstić information content (AvgIpc) is 3.29. The van der Waals surface area contributed by atoms with E-state index < -0.39 is 17.7 Å². The van der Waals surface area contributed by atoms with Gasteiger partial charge in [-0.3, -0.25) is 19.3 Å². The van der Waals surface area contributed by atoms with Crippen molar-refractivity contribution < 1.29 is 14.4 Å². The molecule has 0 radical (unpaired) electrons. The van der Waals surface area contributed by atoms with E-state index in [2.05, 4.69) is 26.2 Å². The van der Waals surface area contributed by atoms with Crippen LogP contribution in [0.25, 0.3) is 16.9 Å². The number of anilines is 1. The maximum atomic E-state index is 12.5. The molecule has 0 unspecified atom stereocenters. The third-order valence-corrected chi connectivity index (χ3v) is 5.58. The highest BCUT2D eigenvalue weighted by Gasteiger charge is 2.36. The zero-order valence-electron chi connectivity index (χ0n) is 16.1. The summed E-state index contributed by atoms with van der Waals surface area (Å²) in [6.45, 7) is -0.349. The molecule has 0 saturated carbocycles. The molecule has 1 aliphatic heterocycles. The minimum atomic E-state index is -0.458. The van der Waals surface area contributed by atoms with Crippen LogP contribution < -0.4 is 5.32 Å². The number of amides is 3. The van der Waals surface area contributed by atoms with E-state index in [9.17, 15) is 14.4 Å². The van der Waals surface area contributed by atoms with Crippen LogP contribution >= 0.6 is 15.9 Å². The van der Waals surface area contributed by atoms with E-state index in [1.165, 1.54) is 0 Å². The van der Waals surface area contributed by atoms with Crippen molar-refractivity contribution in [2.24, 2.45) is 0 Å². The molecule has 1 N–H and O–H groups in total. The van der Waals surface area contributed by atoms with Gasteiger partial charge in [0.2, 0.25) is 5.91 Å². The van der Waals surface area contributed by atoms with Crippen molar-refractivity contribution in [3.8, 4) is 11.3 Å². The van der Waals surface area contributed by atoms with E-state index in [1.807, 2.05) is 34.9 Å². The topological polar surface area (TPSA) is 83.8 Å². The number of aromatic nitrogens is 2. The highest BCUT2D eigenvalue weighted by atomic mass is 79.9. The van der Waals surface area contributed by atoms with Gasteiger partial charge in [-0.15, -0.1) is 0 Å². The first-order valence-electron chi connectivity index (χ1n) is 9.49. The molecular formula is C23H15BrN4O3. The first-order chi connectivity index (χ1) is 15.0. The van der Waals surface area contributed by atoms with E-state index in [-0.39, 0.29) is 6.54 Å². The predicted octanol–water partition coefficient (Wildman–Crippen LogP) is 4.00. The van der Waals surface area contributed by atoms with Crippen LogP contribution in [0.2, 0.25) is 0 Å². The Morgan fingerprint density at radius 3 is 2.26 bits per heavy atom. The molecule has 0 atom stereocenters. The number of hydrogen-bond acceptors (Lipinski definition) is 4. The number of carbonyl (C=O) groups is 3. The summed E-state index contributed by atoms with van der Waals surface area (Å²) in [6, 6.07) is 17.9.